The average Bonchev–Trinajstić information content (AvgIpc) is 2.20. The third-order valence-corrected chi connectivity index (χ3v) is 2.03. The number of alkyl carbamates (subject to hydrolysis) is 1. The number of rotatable bonds is 5. The number of amides is 1. The standard InChI is InChI=1S/C12H22FNO4/c1-8(13)6-7-9(10(15)17-5)14-11(16)18-12(2,3)4/h8-9H,6-7H2,1-5H3,(H,14,16)/t8?,9-/m0/s1. The maximum Gasteiger partial charge on any atom is 0.408 e. The highest BCUT2D eigenvalue weighted by Crippen LogP contribution is 2.09. The van der Waals surface area contributed by atoms with Gasteiger partial charge in [0.05, 0.1) is 13.3 Å². The Hall–Kier alpha value is -1.33. The summed E-state index contributed by atoms with van der Waals surface area (Å²) >= 11 is 0. The molecule has 1 amide bonds. The first-order valence-electron chi connectivity index (χ1n) is 5.87. The van der Waals surface area contributed by atoms with E-state index in [0.29, 0.717) is 0 Å². The predicted molar refractivity (Wildman–Crippen MR) is 65.0 cm³/mol. The van der Waals surface area contributed by atoms with E-state index in [1.54, 1.807) is 20.8 Å². The molecule has 1 unspecified atom stereocenters. The molecule has 0 saturated heterocycles. The van der Waals surface area contributed by atoms with Crippen molar-refractivity contribution < 1.29 is 23.5 Å². The Morgan fingerprint density at radius 1 is 1.28 bits per heavy atom. The summed E-state index contributed by atoms with van der Waals surface area (Å²) in [6.07, 6.45) is -1.43. The molecule has 6 heteroatoms. The molecule has 0 heterocycles. The highest BCUT2D eigenvalue weighted by molar-refractivity contribution is 5.81. The molecule has 0 rings (SSSR count). The maximum absolute atomic E-state index is 12.7. The van der Waals surface area contributed by atoms with Gasteiger partial charge in [0.15, 0.2) is 0 Å². The van der Waals surface area contributed by atoms with Crippen LogP contribution in [0.5, 0.6) is 0 Å². The molecule has 0 aliphatic heterocycles. The molecular formula is C12H22FNO4. The van der Waals surface area contributed by atoms with E-state index in [2.05, 4.69) is 10.1 Å². The molecule has 0 saturated carbocycles. The van der Waals surface area contributed by atoms with Gasteiger partial charge in [-0.1, -0.05) is 0 Å². The van der Waals surface area contributed by atoms with E-state index >= 15 is 0 Å². The van der Waals surface area contributed by atoms with Crippen LogP contribution in [0.4, 0.5) is 9.18 Å². The number of ether oxygens (including phenoxy) is 2. The number of nitrogens with one attached hydrogen (secondary N) is 1. The molecule has 0 spiro atoms. The van der Waals surface area contributed by atoms with E-state index in [0.717, 1.165) is 0 Å². The van der Waals surface area contributed by atoms with Gasteiger partial charge < -0.3 is 14.8 Å². The molecular weight excluding hydrogens is 241 g/mol. The average molecular weight is 263 g/mol. The molecule has 0 radical (unpaired) electrons. The third-order valence-electron chi connectivity index (χ3n) is 2.03. The van der Waals surface area contributed by atoms with Crippen molar-refractivity contribution in [2.45, 2.75) is 58.4 Å². The number of hydrogen-bond donors (Lipinski definition) is 1. The Morgan fingerprint density at radius 2 is 1.83 bits per heavy atom. The van der Waals surface area contributed by atoms with Crippen LogP contribution in [-0.4, -0.2) is 37.0 Å². The number of methoxy groups -OCH3 is 1. The molecule has 106 valence electrons. The van der Waals surface area contributed by atoms with E-state index in [-0.39, 0.29) is 12.8 Å². The number of carbonyl (C=O) groups is 2. The van der Waals surface area contributed by atoms with Crippen LogP contribution in [0.1, 0.15) is 40.5 Å². The summed E-state index contributed by atoms with van der Waals surface area (Å²) in [6.45, 7) is 6.53. The second kappa shape index (κ2) is 7.18. The lowest BCUT2D eigenvalue weighted by Gasteiger charge is -2.22. The molecule has 0 fully saturated rings. The van der Waals surface area contributed by atoms with Gasteiger partial charge in [-0.3, -0.25) is 0 Å². The van der Waals surface area contributed by atoms with Crippen molar-refractivity contribution in [1.82, 2.24) is 5.32 Å². The first kappa shape index (κ1) is 16.7. The summed E-state index contributed by atoms with van der Waals surface area (Å²) in [5.74, 6) is -0.610. The van der Waals surface area contributed by atoms with Crippen LogP contribution in [0.2, 0.25) is 0 Å². The Labute approximate surface area is 107 Å². The van der Waals surface area contributed by atoms with Crippen LogP contribution in [-0.2, 0) is 14.3 Å². The van der Waals surface area contributed by atoms with Crippen molar-refractivity contribution in [3.05, 3.63) is 0 Å². The fraction of sp³-hybridized carbons (Fsp3) is 0.833. The highest BCUT2D eigenvalue weighted by atomic mass is 19.1. The van der Waals surface area contributed by atoms with E-state index in [4.69, 9.17) is 4.74 Å². The van der Waals surface area contributed by atoms with E-state index in [1.165, 1.54) is 14.0 Å². The van der Waals surface area contributed by atoms with Gasteiger partial charge in [0, 0.05) is 0 Å². The number of halogens is 1. The van der Waals surface area contributed by atoms with Crippen molar-refractivity contribution in [2.75, 3.05) is 7.11 Å². The zero-order valence-electron chi connectivity index (χ0n) is 11.6. The first-order valence-corrected chi connectivity index (χ1v) is 5.87. The number of hydrogen-bond acceptors (Lipinski definition) is 4. The zero-order valence-corrected chi connectivity index (χ0v) is 11.6. The van der Waals surface area contributed by atoms with Crippen molar-refractivity contribution in [3.63, 3.8) is 0 Å². The SMILES string of the molecule is COC(=O)[C@H](CCC(C)F)NC(=O)OC(C)(C)C. The fourth-order valence-corrected chi connectivity index (χ4v) is 1.24. The van der Waals surface area contributed by atoms with Gasteiger partial charge in [0.1, 0.15) is 11.6 Å². The van der Waals surface area contributed by atoms with E-state index in [9.17, 15) is 14.0 Å². The molecule has 5 nitrogen and oxygen atoms in total. The Morgan fingerprint density at radius 3 is 2.22 bits per heavy atom. The van der Waals surface area contributed by atoms with Crippen molar-refractivity contribution in [1.29, 1.82) is 0 Å². The first-order chi connectivity index (χ1) is 8.15. The van der Waals surface area contributed by atoms with Crippen molar-refractivity contribution in [2.24, 2.45) is 0 Å². The quantitative estimate of drug-likeness (QED) is 0.772. The van der Waals surface area contributed by atoms with Crippen LogP contribution in [0.15, 0.2) is 0 Å². The summed E-state index contributed by atoms with van der Waals surface area (Å²) in [7, 11) is 1.21. The van der Waals surface area contributed by atoms with Crippen molar-refractivity contribution in [3.8, 4) is 0 Å². The summed E-state index contributed by atoms with van der Waals surface area (Å²) in [5.41, 5.74) is -0.655. The third kappa shape index (κ3) is 7.86. The van der Waals surface area contributed by atoms with Gasteiger partial charge in [-0.2, -0.15) is 0 Å². The summed E-state index contributed by atoms with van der Waals surface area (Å²) in [5, 5.41) is 2.38. The molecule has 0 bridgehead atoms. The van der Waals surface area contributed by atoms with Gasteiger partial charge in [-0.15, -0.1) is 0 Å². The van der Waals surface area contributed by atoms with Crippen molar-refractivity contribution >= 4 is 12.1 Å². The number of esters is 1. The molecule has 0 aromatic heterocycles. The molecule has 0 aliphatic rings. The normalized spacial score (nSPS) is 14.6. The predicted octanol–water partition coefficient (Wildman–Crippen LogP) is 2.19. The van der Waals surface area contributed by atoms with E-state index in [1.807, 2.05) is 0 Å². The van der Waals surface area contributed by atoms with Crippen LogP contribution < -0.4 is 5.32 Å². The summed E-state index contributed by atoms with van der Waals surface area (Å²) in [6, 6.07) is -0.886. The largest absolute Gasteiger partial charge is 0.467 e. The lowest BCUT2D eigenvalue weighted by Crippen LogP contribution is -2.44. The highest BCUT2D eigenvalue weighted by Gasteiger charge is 2.25. The molecule has 0 aromatic carbocycles. The van der Waals surface area contributed by atoms with Gasteiger partial charge in [-0.05, 0) is 40.5 Å². The fourth-order valence-electron chi connectivity index (χ4n) is 1.24. The van der Waals surface area contributed by atoms with E-state index < -0.39 is 29.9 Å². The molecule has 0 aromatic rings. The second-order valence-corrected chi connectivity index (χ2v) is 5.08. The number of alkyl halides is 1. The molecule has 0 aliphatic carbocycles. The smallest absolute Gasteiger partial charge is 0.408 e. The molecule has 18 heavy (non-hydrogen) atoms. The minimum absolute atomic E-state index is 0.162. The summed E-state index contributed by atoms with van der Waals surface area (Å²) in [4.78, 5) is 22.9. The second-order valence-electron chi connectivity index (χ2n) is 5.08. The van der Waals surface area contributed by atoms with Gasteiger partial charge in [0.2, 0.25) is 0 Å². The van der Waals surface area contributed by atoms with Crippen LogP contribution in [0.25, 0.3) is 0 Å². The lowest BCUT2D eigenvalue weighted by atomic mass is 10.1. The molecule has 1 N–H and O–H groups in total. The van der Waals surface area contributed by atoms with Crippen LogP contribution in [0, 0.1) is 0 Å². The lowest BCUT2D eigenvalue weighted by molar-refractivity contribution is -0.143. The van der Waals surface area contributed by atoms with Gasteiger partial charge in [-0.25, -0.2) is 14.0 Å². The zero-order chi connectivity index (χ0) is 14.3. The van der Waals surface area contributed by atoms with Crippen LogP contribution in [0.3, 0.4) is 0 Å². The topological polar surface area (TPSA) is 64.6 Å². The Balaban J connectivity index is 4.40. The monoisotopic (exact) mass is 263 g/mol. The number of carbonyl (C=O) groups excluding carboxylic acids is 2. The Kier molecular flexibility index (Phi) is 6.65. The van der Waals surface area contributed by atoms with Crippen LogP contribution >= 0.6 is 0 Å². The minimum atomic E-state index is -1.04. The maximum atomic E-state index is 12.7. The Bertz CT molecular complexity index is 286. The van der Waals surface area contributed by atoms with Gasteiger partial charge >= 0.3 is 12.1 Å². The van der Waals surface area contributed by atoms with Gasteiger partial charge in [0.25, 0.3) is 0 Å². The molecule has 2 atom stereocenters. The minimum Gasteiger partial charge on any atom is -0.467 e. The summed E-state index contributed by atoms with van der Waals surface area (Å²) < 4.78 is 22.3.